The molecule has 0 saturated heterocycles. The summed E-state index contributed by atoms with van der Waals surface area (Å²) in [5, 5.41) is 0. The summed E-state index contributed by atoms with van der Waals surface area (Å²) in [4.78, 5) is 2.49. The molecule has 1 unspecified atom stereocenters. The average Bonchev–Trinajstić information content (AvgIpc) is 3.84. The van der Waals surface area contributed by atoms with Crippen molar-refractivity contribution in [2.75, 3.05) is 6.54 Å². The largest absolute Gasteiger partial charge is 0.465 e. The molecular formula is C40H37FeNO. The first-order valence-electron chi connectivity index (χ1n) is 14.9. The molecule has 0 amide bonds. The van der Waals surface area contributed by atoms with Crippen LogP contribution in [-0.4, -0.2) is 11.4 Å². The summed E-state index contributed by atoms with van der Waals surface area (Å²) < 4.78 is 7.08. The van der Waals surface area contributed by atoms with E-state index >= 15 is 0 Å². The van der Waals surface area contributed by atoms with Crippen molar-refractivity contribution in [1.29, 1.82) is 0 Å². The van der Waals surface area contributed by atoms with Gasteiger partial charge in [-0.25, -0.2) is 0 Å². The molecule has 7 rings (SSSR count). The van der Waals surface area contributed by atoms with Crippen LogP contribution in [0.5, 0.6) is 0 Å². The Bertz CT molecular complexity index is 1610. The number of aryl methyl sites for hydroxylation is 1. The van der Waals surface area contributed by atoms with Gasteiger partial charge in [-0.3, -0.25) is 0 Å². The molecule has 0 aromatic heterocycles. The first-order valence-corrected chi connectivity index (χ1v) is 14.9. The van der Waals surface area contributed by atoms with Crippen molar-refractivity contribution in [3.63, 3.8) is 0 Å². The molecule has 0 saturated carbocycles. The third kappa shape index (κ3) is 6.64. The van der Waals surface area contributed by atoms with Crippen LogP contribution in [-0.2, 0) is 21.8 Å². The van der Waals surface area contributed by atoms with Crippen LogP contribution in [0.3, 0.4) is 0 Å². The van der Waals surface area contributed by atoms with Gasteiger partial charge in [-0.2, -0.15) is 0 Å². The van der Waals surface area contributed by atoms with E-state index in [1.54, 1.807) is 0 Å². The maximum Gasteiger partial charge on any atom is 0.198 e. The second-order valence-corrected chi connectivity index (χ2v) is 10.8. The summed E-state index contributed by atoms with van der Waals surface area (Å²) in [5.41, 5.74) is 10.9. The summed E-state index contributed by atoms with van der Waals surface area (Å²) in [5.74, 6) is 0.974. The van der Waals surface area contributed by atoms with Crippen LogP contribution in [0, 0.1) is 19.8 Å². The third-order valence-corrected chi connectivity index (χ3v) is 7.84. The van der Waals surface area contributed by atoms with Crippen molar-refractivity contribution in [2.24, 2.45) is 0 Å². The predicted octanol–water partition coefficient (Wildman–Crippen LogP) is 9.90. The van der Waals surface area contributed by atoms with Crippen molar-refractivity contribution in [3.8, 4) is 0 Å². The monoisotopic (exact) mass is 603 g/mol. The Morgan fingerprint density at radius 1 is 0.744 bits per heavy atom. The van der Waals surface area contributed by atoms with Gasteiger partial charge in [-0.1, -0.05) is 146 Å². The van der Waals surface area contributed by atoms with Gasteiger partial charge in [-0.15, -0.1) is 0 Å². The van der Waals surface area contributed by atoms with E-state index in [0.29, 0.717) is 0 Å². The minimum absolute atomic E-state index is 0. The first-order chi connectivity index (χ1) is 20.7. The van der Waals surface area contributed by atoms with E-state index in [1.807, 2.05) is 30.7 Å². The number of nitrogens with zero attached hydrogens (tertiary/aromatic N) is 1. The standard InChI is InChI=1S/C35H32NO.C5H5.Fe/c1-3-4-23-36-33(28-17-9-6-10-18-28)32-30(26-13-7-5-8-14-26)24-31(27-15-11-12-16-27)34(32)37-35(36)29-21-19-25(2)20-22-29;1-2-4-5-3-1;/h5-22,24,35H,3-4,23H2,1-2H3;1-5H;. The fourth-order valence-corrected chi connectivity index (χ4v) is 5.71. The second kappa shape index (κ2) is 14.4. The van der Waals surface area contributed by atoms with E-state index < -0.39 is 0 Å². The normalized spacial score (nSPS) is 18.1. The topological polar surface area (TPSA) is 12.5 Å². The van der Waals surface area contributed by atoms with Crippen molar-refractivity contribution >= 4 is 11.3 Å². The van der Waals surface area contributed by atoms with Crippen molar-refractivity contribution in [2.45, 2.75) is 32.9 Å². The van der Waals surface area contributed by atoms with E-state index in [2.05, 4.69) is 134 Å². The smallest absolute Gasteiger partial charge is 0.198 e. The van der Waals surface area contributed by atoms with Gasteiger partial charge in [0, 0.05) is 53.2 Å². The number of hydrogen-bond acceptors (Lipinski definition) is 2. The molecule has 1 heterocycles. The van der Waals surface area contributed by atoms with E-state index in [9.17, 15) is 0 Å². The Balaban J connectivity index is 0.000000559. The van der Waals surface area contributed by atoms with Gasteiger partial charge in [0.15, 0.2) is 6.23 Å². The molecule has 3 aromatic rings. The maximum absolute atomic E-state index is 7.08. The minimum Gasteiger partial charge on any atom is -0.465 e. The predicted molar refractivity (Wildman–Crippen MR) is 176 cm³/mol. The van der Waals surface area contributed by atoms with Gasteiger partial charge in [0.25, 0.3) is 0 Å². The van der Waals surface area contributed by atoms with E-state index in [4.69, 9.17) is 4.74 Å². The molecule has 216 valence electrons. The van der Waals surface area contributed by atoms with Crippen LogP contribution >= 0.6 is 0 Å². The summed E-state index contributed by atoms with van der Waals surface area (Å²) in [7, 11) is 0. The van der Waals surface area contributed by atoms with Crippen LogP contribution in [0.1, 0.15) is 48.2 Å². The van der Waals surface area contributed by atoms with E-state index in [1.165, 1.54) is 44.7 Å². The zero-order valence-electron chi connectivity index (χ0n) is 24.8. The molecule has 0 N–H and O–H groups in total. The van der Waals surface area contributed by atoms with Crippen molar-refractivity contribution < 1.29 is 21.8 Å². The van der Waals surface area contributed by atoms with Crippen LogP contribution in [0.2, 0.25) is 0 Å². The molecule has 43 heavy (non-hydrogen) atoms. The van der Waals surface area contributed by atoms with Crippen LogP contribution < -0.4 is 0 Å². The second-order valence-electron chi connectivity index (χ2n) is 10.8. The number of ether oxygens (including phenoxy) is 1. The van der Waals surface area contributed by atoms with Crippen molar-refractivity contribution in [1.82, 2.24) is 4.90 Å². The van der Waals surface area contributed by atoms with E-state index in [-0.39, 0.29) is 23.3 Å². The molecule has 3 aliphatic carbocycles. The molecular weight excluding hydrogens is 566 g/mol. The Morgan fingerprint density at radius 3 is 2.00 bits per heavy atom. The minimum atomic E-state index is -0.199. The first kappa shape index (κ1) is 30.4. The van der Waals surface area contributed by atoms with Gasteiger partial charge < -0.3 is 9.64 Å². The van der Waals surface area contributed by atoms with Gasteiger partial charge in [0.1, 0.15) is 5.76 Å². The van der Waals surface area contributed by atoms with Gasteiger partial charge in [0.2, 0.25) is 0 Å². The molecule has 3 heteroatoms. The van der Waals surface area contributed by atoms with Gasteiger partial charge in [-0.05, 0) is 41.7 Å². The Hall–Kier alpha value is -4.04. The Kier molecular flexibility index (Phi) is 10.2. The third-order valence-electron chi connectivity index (χ3n) is 7.84. The zero-order valence-corrected chi connectivity index (χ0v) is 25.9. The fraction of sp³-hybridized carbons (Fsp3) is 0.150. The number of benzene rings is 3. The van der Waals surface area contributed by atoms with Crippen molar-refractivity contribution in [3.05, 3.63) is 191 Å². The molecule has 2 radical (unpaired) electrons. The molecule has 1 aliphatic heterocycles. The molecule has 0 spiro atoms. The molecule has 0 fully saturated rings. The average molecular weight is 604 g/mol. The van der Waals surface area contributed by atoms with Crippen LogP contribution in [0.15, 0.2) is 156 Å². The molecule has 3 aromatic carbocycles. The number of rotatable bonds is 7. The zero-order chi connectivity index (χ0) is 28.7. The summed E-state index contributed by atoms with van der Waals surface area (Å²) in [6.07, 6.45) is 22.9. The van der Waals surface area contributed by atoms with Crippen LogP contribution in [0.25, 0.3) is 11.3 Å². The summed E-state index contributed by atoms with van der Waals surface area (Å²) in [6, 6.07) is 30.4. The molecule has 0 bridgehead atoms. The Morgan fingerprint density at radius 2 is 1.42 bits per heavy atom. The number of unbranched alkanes of at least 4 members (excludes halogenated alkanes) is 1. The number of hydrogen-bond donors (Lipinski definition) is 0. The SMILES string of the molecule is CCCCN1C(c2ccccc2)=C2C(c3ccccc3)=CC(C3=C[CH]C=C3)=C2OC1c1ccc(C)cc1.[CH]1C=CC=C1.[Fe]. The van der Waals surface area contributed by atoms with Crippen LogP contribution in [0.4, 0.5) is 0 Å². The van der Waals surface area contributed by atoms with Gasteiger partial charge >= 0.3 is 0 Å². The number of fused-ring (bicyclic) bond motifs is 1. The fourth-order valence-electron chi connectivity index (χ4n) is 5.71. The molecule has 2 nitrogen and oxygen atoms in total. The molecule has 4 aliphatic rings. The quantitative estimate of drug-likeness (QED) is 0.249. The van der Waals surface area contributed by atoms with E-state index in [0.717, 1.165) is 30.7 Å². The number of allylic oxidation sites excluding steroid dienone is 11. The summed E-state index contributed by atoms with van der Waals surface area (Å²) >= 11 is 0. The maximum atomic E-state index is 7.08. The summed E-state index contributed by atoms with van der Waals surface area (Å²) in [6.45, 7) is 5.31. The van der Waals surface area contributed by atoms with Gasteiger partial charge in [0.05, 0.1) is 5.70 Å². The molecule has 1 atom stereocenters. The Labute approximate surface area is 267 Å².